The van der Waals surface area contributed by atoms with E-state index in [1.807, 2.05) is 21.9 Å². The van der Waals surface area contributed by atoms with Crippen LogP contribution in [0.25, 0.3) is 0 Å². The number of aryl methyl sites for hydroxylation is 1. The van der Waals surface area contributed by atoms with Gasteiger partial charge >= 0.3 is 0 Å². The molecule has 5 aliphatic rings. The molecule has 5 N–H and O–H groups in total. The largest absolute Gasteiger partial charge is 0.507 e. The van der Waals surface area contributed by atoms with Gasteiger partial charge in [0.15, 0.2) is 23.1 Å². The number of piperidine rings is 4. The standard InChI is InChI=1S/C26H33N3O4.C23H25N3O4.C23H28N2O5.C22H26N2O5/c1-19(30)25-23(31)10-6-11-24(25)33-18-20-8-2-3-16-29(20)26(32)21-9-7-13-27-22(21)12-17-28-14-4-5-15-28;1-16(27)22-20(28)10-4-11-21(22)30-15-17-7-2-3-14-26(17)23(29)18-8-6-13-25-19(18)9-5-12-24;1-16(26)22-20(27)9-5-10-21(22)30-15-17-7-3-4-13-25(17)23(28)18-8-6-12-24-19(18)11-14-29-2;1-15(26)21-19(27)8-4-9-20(21)29-14-16-6-2-3-12-24(16)22(28)17-7-5-11-23-18(17)10-13-25/h6-7,9-11,13,20,31H,2-5,8,12,14-18H2,1H3;4,6,8,10-11,13,17,28H,2-3,5,7,9,14-15H2,1H3;5-6,8-10,12,17,27H,3-4,7,11,13-15H2,1-2H3;4-5,7-9,11,16,25,27H,2-3,6,10,12-14H2,1H3/t20-;2*17-;16-/m0000/s1. The molecule has 0 bridgehead atoms. The van der Waals surface area contributed by atoms with E-state index < -0.39 is 0 Å². The molecule has 5 aliphatic heterocycles. The van der Waals surface area contributed by atoms with Crippen LogP contribution in [-0.4, -0.2) is 233 Å². The van der Waals surface area contributed by atoms with Gasteiger partial charge in [-0.1, -0.05) is 24.3 Å². The van der Waals surface area contributed by atoms with Crippen molar-refractivity contribution in [3.8, 4) is 52.1 Å². The summed E-state index contributed by atoms with van der Waals surface area (Å²) in [7, 11) is 1.62. The highest BCUT2D eigenvalue weighted by Crippen LogP contribution is 2.35. The second-order valence-corrected chi connectivity index (χ2v) is 30.8. The van der Waals surface area contributed by atoms with Gasteiger partial charge < -0.3 is 73.7 Å². The highest BCUT2D eigenvalue weighted by Gasteiger charge is 2.36. The Morgan fingerprint density at radius 2 is 0.656 bits per heavy atom. The molecule has 0 aliphatic carbocycles. The number of phenolic OH excluding ortho intramolecular Hbond substituents is 4. The molecule has 5 saturated heterocycles. The molecule has 4 atom stereocenters. The number of amides is 4. The Morgan fingerprint density at radius 3 is 0.934 bits per heavy atom. The van der Waals surface area contributed by atoms with Gasteiger partial charge in [0.25, 0.3) is 23.6 Å². The van der Waals surface area contributed by atoms with Gasteiger partial charge in [0, 0.05) is 103 Å². The third-order valence-corrected chi connectivity index (χ3v) is 22.4. The number of rotatable bonds is 30. The van der Waals surface area contributed by atoms with Crippen LogP contribution in [0, 0.1) is 11.3 Å². The molecule has 5 fully saturated rings. The van der Waals surface area contributed by atoms with Crippen molar-refractivity contribution in [3.63, 3.8) is 0 Å². The van der Waals surface area contributed by atoms with Crippen LogP contribution in [0.3, 0.4) is 0 Å². The van der Waals surface area contributed by atoms with Crippen LogP contribution in [0.4, 0.5) is 0 Å². The number of aliphatic hydroxyl groups is 1. The second kappa shape index (κ2) is 46.6. The zero-order valence-corrected chi connectivity index (χ0v) is 70.3. The molecule has 13 rings (SSSR count). The van der Waals surface area contributed by atoms with Crippen LogP contribution >= 0.6 is 0 Å². The summed E-state index contributed by atoms with van der Waals surface area (Å²) in [5.41, 5.74) is 5.70. The summed E-state index contributed by atoms with van der Waals surface area (Å²) in [5, 5.41) is 58.2. The molecule has 0 unspecified atom stereocenters. The van der Waals surface area contributed by atoms with Crippen molar-refractivity contribution in [2.45, 2.75) is 174 Å². The number of hydrogen-bond donors (Lipinski definition) is 5. The van der Waals surface area contributed by atoms with Gasteiger partial charge in [-0.05, 0) is 228 Å². The Balaban J connectivity index is 0.000000171. The van der Waals surface area contributed by atoms with Gasteiger partial charge in [-0.2, -0.15) is 5.26 Å². The van der Waals surface area contributed by atoms with E-state index in [4.69, 9.17) is 28.9 Å². The molecule has 9 heterocycles. The first-order valence-corrected chi connectivity index (χ1v) is 42.1. The van der Waals surface area contributed by atoms with Crippen LogP contribution < -0.4 is 18.9 Å². The minimum atomic E-state index is -0.280. The first-order valence-electron chi connectivity index (χ1n) is 42.1. The fourth-order valence-corrected chi connectivity index (χ4v) is 16.2. The molecule has 122 heavy (non-hydrogen) atoms. The fourth-order valence-electron chi connectivity index (χ4n) is 16.2. The predicted molar refractivity (Wildman–Crippen MR) is 456 cm³/mol. The lowest BCUT2D eigenvalue weighted by Gasteiger charge is -2.36. The molecule has 4 aromatic heterocycles. The summed E-state index contributed by atoms with van der Waals surface area (Å²) in [6.07, 6.45) is 22.5. The highest BCUT2D eigenvalue weighted by atomic mass is 16.5. The van der Waals surface area contributed by atoms with Gasteiger partial charge in [-0.15, -0.1) is 0 Å². The number of Topliss-reactive ketones (excluding diaryl/α,β-unsaturated/α-hetero) is 4. The van der Waals surface area contributed by atoms with Crippen molar-refractivity contribution in [2.75, 3.05) is 92.6 Å². The zero-order valence-electron chi connectivity index (χ0n) is 70.3. The Labute approximate surface area is 712 Å². The predicted octanol–water partition coefficient (Wildman–Crippen LogP) is 13.1. The number of aromatic hydroxyl groups is 4. The number of hydrogen-bond acceptors (Lipinski definition) is 24. The highest BCUT2D eigenvalue weighted by molar-refractivity contribution is 6.02. The van der Waals surface area contributed by atoms with Crippen LogP contribution in [0.2, 0.25) is 0 Å². The monoisotopic (exact) mass is 1670 g/mol. The number of benzene rings is 4. The van der Waals surface area contributed by atoms with Crippen molar-refractivity contribution >= 4 is 46.8 Å². The van der Waals surface area contributed by atoms with E-state index in [-0.39, 0.29) is 149 Å². The molecule has 4 amide bonds. The minimum absolute atomic E-state index is 0.00415. The third-order valence-electron chi connectivity index (χ3n) is 22.4. The number of carbonyl (C=O) groups excluding carboxylic acids is 8. The Morgan fingerprint density at radius 1 is 0.377 bits per heavy atom. The lowest BCUT2D eigenvalue weighted by atomic mass is 10.00. The number of nitriles is 1. The molecule has 0 radical (unpaired) electrons. The van der Waals surface area contributed by atoms with Crippen LogP contribution in [0.5, 0.6) is 46.0 Å². The smallest absolute Gasteiger partial charge is 0.256 e. The van der Waals surface area contributed by atoms with E-state index in [0.29, 0.717) is 115 Å². The molecule has 0 spiro atoms. The Kier molecular flexibility index (Phi) is 35.2. The quantitative estimate of drug-likeness (QED) is 0.0261. The van der Waals surface area contributed by atoms with E-state index >= 15 is 0 Å². The Hall–Kier alpha value is -12.2. The van der Waals surface area contributed by atoms with E-state index in [9.17, 15) is 63.9 Å². The van der Waals surface area contributed by atoms with Gasteiger partial charge in [-0.3, -0.25) is 58.3 Å². The van der Waals surface area contributed by atoms with Crippen molar-refractivity contribution in [2.24, 2.45) is 0 Å². The van der Waals surface area contributed by atoms with E-state index in [1.165, 1.54) is 64.8 Å². The summed E-state index contributed by atoms with van der Waals surface area (Å²) in [6, 6.07) is 34.8. The maximum absolute atomic E-state index is 13.6. The van der Waals surface area contributed by atoms with Crippen molar-refractivity contribution in [1.29, 1.82) is 5.26 Å². The molecule has 646 valence electrons. The molecule has 28 heteroatoms. The lowest BCUT2D eigenvalue weighted by molar-refractivity contribution is 0.0519. The summed E-state index contributed by atoms with van der Waals surface area (Å²) >= 11 is 0. The summed E-state index contributed by atoms with van der Waals surface area (Å²) < 4.78 is 28.8. The Bertz CT molecular complexity index is 4950. The number of carbonyl (C=O) groups is 8. The molecule has 28 nitrogen and oxygen atoms in total. The van der Waals surface area contributed by atoms with Gasteiger partial charge in [0.1, 0.15) is 94.7 Å². The van der Waals surface area contributed by atoms with Gasteiger partial charge in [-0.25, -0.2) is 0 Å². The second-order valence-electron chi connectivity index (χ2n) is 30.8. The summed E-state index contributed by atoms with van der Waals surface area (Å²) in [4.78, 5) is 128. The first kappa shape index (κ1) is 92.1. The number of likely N-dealkylation sites (tertiary alicyclic amines) is 5. The molecule has 8 aromatic rings. The number of aliphatic hydroxyl groups excluding tert-OH is 1. The maximum atomic E-state index is 13.6. The molecular weight excluding hydrogens is 1560 g/mol. The number of methoxy groups -OCH3 is 1. The normalized spacial score (nSPS) is 17.0. The first-order chi connectivity index (χ1) is 59.1. The SMILES string of the molecule is CC(=O)c1c(O)cccc1OC[C@@H]1CCCCN1C(=O)c1cccnc1CCC#N.CC(=O)c1c(O)cccc1OC[C@@H]1CCCCN1C(=O)c1cccnc1CCN1CCCC1.CC(=O)c1c(O)cccc1OC[C@@H]1CCCCN1C(=O)c1cccnc1CCO.COCCc1ncccc1C(=O)N1CCCC[C@H]1COc1cccc(O)c1C(C)=O. The van der Waals surface area contributed by atoms with Crippen LogP contribution in [0.1, 0.15) is 230 Å². The van der Waals surface area contributed by atoms with E-state index in [1.54, 1.807) is 127 Å². The van der Waals surface area contributed by atoms with Gasteiger partial charge in [0.05, 0.1) is 81.9 Å². The lowest BCUT2D eigenvalue weighted by Crippen LogP contribution is -2.47. The summed E-state index contributed by atoms with van der Waals surface area (Å²) in [5.74, 6) is -0.490. The number of ether oxygens (including phenoxy) is 5. The van der Waals surface area contributed by atoms with Crippen LogP contribution in [0.15, 0.2) is 146 Å². The number of pyridine rings is 4. The van der Waals surface area contributed by atoms with Crippen LogP contribution in [-0.2, 0) is 30.4 Å². The number of aromatic nitrogens is 4. The van der Waals surface area contributed by atoms with E-state index in [2.05, 4.69) is 30.9 Å². The molecular formula is C94H112N10O18. The fraction of sp³-hybridized carbons (Fsp3) is 0.436. The topological polar surface area (TPSA) is 375 Å². The zero-order chi connectivity index (χ0) is 87.0. The molecule has 0 saturated carbocycles. The average molecular weight is 1670 g/mol. The molecule has 4 aromatic carbocycles. The van der Waals surface area contributed by atoms with Crippen molar-refractivity contribution < 1.29 is 87.6 Å². The third kappa shape index (κ3) is 24.8. The van der Waals surface area contributed by atoms with E-state index in [0.717, 1.165) is 114 Å². The van der Waals surface area contributed by atoms with Crippen molar-refractivity contribution in [1.82, 2.24) is 44.4 Å². The minimum Gasteiger partial charge on any atom is -0.507 e. The average Bonchev–Trinajstić information content (AvgIpc) is 0.897. The number of ketones is 4. The summed E-state index contributed by atoms with van der Waals surface area (Å²) in [6.45, 7) is 12.7. The van der Waals surface area contributed by atoms with Crippen molar-refractivity contribution in [3.05, 3.63) is 213 Å². The number of nitrogens with zero attached hydrogens (tertiary/aromatic N) is 10. The maximum Gasteiger partial charge on any atom is 0.256 e. The number of phenols is 4. The van der Waals surface area contributed by atoms with Gasteiger partial charge in [0.2, 0.25) is 0 Å².